The molecule has 14 nitrogen and oxygen atoms in total. The van der Waals surface area contributed by atoms with E-state index in [4.69, 9.17) is 14.7 Å². The smallest absolute Gasteiger partial charge is 0.407 e. The summed E-state index contributed by atoms with van der Waals surface area (Å²) >= 11 is 1.65. The van der Waals surface area contributed by atoms with Crippen LogP contribution < -0.4 is 10.6 Å². The van der Waals surface area contributed by atoms with E-state index in [0.29, 0.717) is 18.9 Å². The van der Waals surface area contributed by atoms with Crippen LogP contribution in [0.3, 0.4) is 0 Å². The predicted octanol–water partition coefficient (Wildman–Crippen LogP) is 6.83. The number of fused-ring (bicyclic) bond motifs is 2. The van der Waals surface area contributed by atoms with E-state index in [0.717, 1.165) is 75.1 Å². The largest absolute Gasteiger partial charge is 0.465 e. The van der Waals surface area contributed by atoms with Crippen LogP contribution in [0.2, 0.25) is 0 Å². The zero-order valence-electron chi connectivity index (χ0n) is 31.0. The third-order valence-corrected chi connectivity index (χ3v) is 11.5. The molecule has 2 saturated heterocycles. The van der Waals surface area contributed by atoms with E-state index in [1.807, 2.05) is 44.7 Å². The Morgan fingerprint density at radius 1 is 0.778 bits per heavy atom. The van der Waals surface area contributed by atoms with Crippen molar-refractivity contribution < 1.29 is 29.0 Å². The minimum absolute atomic E-state index is 0.112. The molecule has 3 aromatic heterocycles. The van der Waals surface area contributed by atoms with E-state index in [-0.39, 0.29) is 35.7 Å². The van der Waals surface area contributed by atoms with Gasteiger partial charge in [-0.25, -0.2) is 19.6 Å². The third-order valence-electron chi connectivity index (χ3n) is 10.5. The van der Waals surface area contributed by atoms with Crippen molar-refractivity contribution in [2.45, 2.75) is 77.5 Å². The summed E-state index contributed by atoms with van der Waals surface area (Å²) in [7, 11) is 1.29. The Morgan fingerprint density at radius 2 is 1.30 bits per heavy atom. The maximum absolute atomic E-state index is 13.6. The van der Waals surface area contributed by atoms with E-state index in [1.165, 1.54) is 7.11 Å². The lowest BCUT2D eigenvalue weighted by Gasteiger charge is -2.29. The maximum atomic E-state index is 13.6. The number of hydrogen-bond donors (Lipinski definition) is 5. The SMILES string of the molecule is COC(=O)N[C@H](C(=O)N1CCC[C@H]1c1nc2ccc(-c3csc(-c4ccc5nc([C@@H]6CCCN6C(=O)[C@@H](NC(=O)O)C(C)C)[nH]c5c4)c3)cc2[nH]1)C(C)C. The van der Waals surface area contributed by atoms with Gasteiger partial charge in [0, 0.05) is 18.0 Å². The summed E-state index contributed by atoms with van der Waals surface area (Å²) in [5.41, 5.74) is 6.51. The average Bonchev–Trinajstić information content (AvgIpc) is 3.99. The quantitative estimate of drug-likeness (QED) is 0.103. The second kappa shape index (κ2) is 15.1. The van der Waals surface area contributed by atoms with Gasteiger partial charge in [0.1, 0.15) is 23.7 Å². The van der Waals surface area contributed by atoms with Crippen LogP contribution in [0.15, 0.2) is 47.8 Å². The van der Waals surface area contributed by atoms with Crippen LogP contribution in [-0.4, -0.2) is 91.1 Å². The Morgan fingerprint density at radius 3 is 1.81 bits per heavy atom. The number of alkyl carbamates (subject to hydrolysis) is 1. The minimum atomic E-state index is -1.21. The average molecular weight is 755 g/mol. The van der Waals surface area contributed by atoms with E-state index >= 15 is 0 Å². The molecule has 5 aromatic rings. The van der Waals surface area contributed by atoms with Crippen molar-refractivity contribution in [2.24, 2.45) is 11.8 Å². The number of amides is 4. The molecule has 0 unspecified atom stereocenters. The van der Waals surface area contributed by atoms with E-state index in [1.54, 1.807) is 16.2 Å². The molecule has 54 heavy (non-hydrogen) atoms. The molecule has 0 radical (unpaired) electrons. The summed E-state index contributed by atoms with van der Waals surface area (Å²) in [5.74, 6) is 0.757. The van der Waals surface area contributed by atoms with E-state index in [9.17, 15) is 24.3 Å². The van der Waals surface area contributed by atoms with Gasteiger partial charge in [-0.15, -0.1) is 11.3 Å². The van der Waals surface area contributed by atoms with Gasteiger partial charge >= 0.3 is 12.2 Å². The monoisotopic (exact) mass is 754 g/mol. The Kier molecular flexibility index (Phi) is 10.3. The second-order valence-corrected chi connectivity index (χ2v) is 15.7. The van der Waals surface area contributed by atoms with Crippen LogP contribution in [0, 0.1) is 11.8 Å². The number of benzene rings is 2. The zero-order chi connectivity index (χ0) is 38.3. The number of hydrogen-bond acceptors (Lipinski definition) is 8. The molecule has 4 atom stereocenters. The number of H-pyrrole nitrogens is 2. The number of carbonyl (C=O) groups excluding carboxylic acids is 3. The number of methoxy groups -OCH3 is 1. The maximum Gasteiger partial charge on any atom is 0.407 e. The Bertz CT molecular complexity index is 2210. The van der Waals surface area contributed by atoms with Gasteiger partial charge in [-0.2, -0.15) is 0 Å². The fourth-order valence-electron chi connectivity index (χ4n) is 7.68. The fraction of sp³-hybridized carbons (Fsp3) is 0.436. The predicted molar refractivity (Wildman–Crippen MR) is 206 cm³/mol. The highest BCUT2D eigenvalue weighted by Gasteiger charge is 2.39. The lowest BCUT2D eigenvalue weighted by molar-refractivity contribution is -0.136. The van der Waals surface area contributed by atoms with Crippen LogP contribution in [-0.2, 0) is 14.3 Å². The van der Waals surface area contributed by atoms with Crippen molar-refractivity contribution in [3.63, 3.8) is 0 Å². The fourth-order valence-corrected chi connectivity index (χ4v) is 8.60. The molecular weight excluding hydrogens is 709 g/mol. The highest BCUT2D eigenvalue weighted by atomic mass is 32.1. The first-order chi connectivity index (χ1) is 25.9. The van der Waals surface area contributed by atoms with Crippen LogP contribution >= 0.6 is 11.3 Å². The number of thiophene rings is 1. The number of rotatable bonds is 10. The topological polar surface area (TPSA) is 186 Å². The number of ether oxygens (including phenoxy) is 1. The van der Waals surface area contributed by atoms with Gasteiger partial charge in [-0.05, 0) is 89.9 Å². The van der Waals surface area contributed by atoms with E-state index in [2.05, 4.69) is 56.3 Å². The summed E-state index contributed by atoms with van der Waals surface area (Å²) < 4.78 is 4.77. The number of nitrogens with zero attached hydrogens (tertiary/aromatic N) is 4. The Hall–Kier alpha value is -5.44. The first kappa shape index (κ1) is 36.9. The van der Waals surface area contributed by atoms with Crippen LogP contribution in [0.1, 0.15) is 77.1 Å². The number of carbonyl (C=O) groups is 4. The number of nitrogens with one attached hydrogen (secondary N) is 4. The molecule has 5 N–H and O–H groups in total. The summed E-state index contributed by atoms with van der Waals surface area (Å²) in [6.45, 7) is 8.61. The summed E-state index contributed by atoms with van der Waals surface area (Å²) in [6.07, 6.45) is 1.34. The summed E-state index contributed by atoms with van der Waals surface area (Å²) in [6, 6.07) is 12.4. The molecule has 0 spiro atoms. The molecule has 15 heteroatoms. The minimum Gasteiger partial charge on any atom is -0.465 e. The molecule has 0 saturated carbocycles. The molecule has 2 fully saturated rings. The molecule has 5 heterocycles. The third kappa shape index (κ3) is 7.24. The summed E-state index contributed by atoms with van der Waals surface area (Å²) in [5, 5.41) is 16.5. The molecule has 0 aliphatic carbocycles. The summed E-state index contributed by atoms with van der Waals surface area (Å²) in [4.78, 5) is 71.8. The molecule has 2 aliphatic heterocycles. The van der Waals surface area contributed by atoms with Crippen molar-refractivity contribution in [1.29, 1.82) is 0 Å². The lowest BCUT2D eigenvalue weighted by Crippen LogP contribution is -2.51. The van der Waals surface area contributed by atoms with Gasteiger partial charge in [0.25, 0.3) is 0 Å². The Balaban J connectivity index is 1.08. The van der Waals surface area contributed by atoms with Crippen molar-refractivity contribution in [2.75, 3.05) is 20.2 Å². The van der Waals surface area contributed by atoms with Gasteiger partial charge in [0.05, 0.1) is 41.3 Å². The first-order valence-electron chi connectivity index (χ1n) is 18.4. The second-order valence-electron chi connectivity index (χ2n) is 14.8. The van der Waals surface area contributed by atoms with Gasteiger partial charge < -0.3 is 40.2 Å². The van der Waals surface area contributed by atoms with Crippen molar-refractivity contribution in [3.05, 3.63) is 59.5 Å². The van der Waals surface area contributed by atoms with Crippen LogP contribution in [0.4, 0.5) is 9.59 Å². The number of aromatic amines is 2. The standard InChI is InChI=1S/C39H46N8O6S/c1-20(2)32(44-38(50)51)36(48)46-14-6-8-29(46)35-41-26-13-11-23(17-28(26)43-35)31-18-24(19-54-31)22-10-12-25-27(16-22)42-34(40-25)30-9-7-15-47(30)37(49)33(21(3)4)45-39(52)53-5/h10-13,16-21,29-30,32-33,44H,6-9,14-15H2,1-5H3,(H,40,42)(H,41,43)(H,45,52)(H,50,51)/t29-,30-,32-,33-/m0/s1. The van der Waals surface area contributed by atoms with Gasteiger partial charge in [0.15, 0.2) is 0 Å². The van der Waals surface area contributed by atoms with Gasteiger partial charge in [-0.3, -0.25) is 9.59 Å². The lowest BCUT2D eigenvalue weighted by atomic mass is 10.0. The first-order valence-corrected chi connectivity index (χ1v) is 19.3. The molecule has 284 valence electrons. The zero-order valence-corrected chi connectivity index (χ0v) is 31.8. The molecule has 7 rings (SSSR count). The van der Waals surface area contributed by atoms with E-state index < -0.39 is 24.3 Å². The van der Waals surface area contributed by atoms with Crippen LogP contribution in [0.5, 0.6) is 0 Å². The number of aromatic nitrogens is 4. The molecular formula is C39H46N8O6S. The number of likely N-dealkylation sites (tertiary alicyclic amines) is 2. The van der Waals surface area contributed by atoms with Crippen molar-refractivity contribution >= 4 is 57.4 Å². The van der Waals surface area contributed by atoms with Gasteiger partial charge in [-0.1, -0.05) is 39.8 Å². The number of imidazole rings is 2. The van der Waals surface area contributed by atoms with Crippen LogP contribution in [0.25, 0.3) is 43.6 Å². The molecule has 2 aliphatic rings. The van der Waals surface area contributed by atoms with Crippen molar-refractivity contribution in [1.82, 2.24) is 40.4 Å². The normalized spacial score (nSPS) is 18.5. The number of carboxylic acid groups (broad SMARTS) is 1. The molecule has 4 amide bonds. The van der Waals surface area contributed by atoms with Crippen molar-refractivity contribution in [3.8, 4) is 21.6 Å². The Labute approximate surface area is 316 Å². The molecule has 0 bridgehead atoms. The van der Waals surface area contributed by atoms with Gasteiger partial charge in [0.2, 0.25) is 11.8 Å². The highest BCUT2D eigenvalue weighted by Crippen LogP contribution is 2.38. The molecule has 2 aromatic carbocycles. The highest BCUT2D eigenvalue weighted by molar-refractivity contribution is 7.14.